The fraction of sp³-hybridized carbons (Fsp3) is 0.647. The van der Waals surface area contributed by atoms with Crippen molar-refractivity contribution in [2.75, 3.05) is 12.3 Å². The minimum Gasteiger partial charge on any atom is -0.355 e. The molecular weight excluding hydrogens is 322 g/mol. The highest BCUT2D eigenvalue weighted by atomic mass is 32.2. The lowest BCUT2D eigenvalue weighted by molar-refractivity contribution is -0.118. The molecule has 7 heteroatoms. The number of carbonyl (C=O) groups is 1. The first-order valence-electron chi connectivity index (χ1n) is 8.64. The summed E-state index contributed by atoms with van der Waals surface area (Å²) in [5.74, 6) is 1.55. The van der Waals surface area contributed by atoms with E-state index in [-0.39, 0.29) is 5.91 Å². The van der Waals surface area contributed by atoms with Crippen LogP contribution in [0.15, 0.2) is 11.2 Å². The fourth-order valence-corrected chi connectivity index (χ4v) is 3.49. The van der Waals surface area contributed by atoms with Crippen molar-refractivity contribution < 1.29 is 4.79 Å². The van der Waals surface area contributed by atoms with Crippen LogP contribution in [0.1, 0.15) is 50.9 Å². The Morgan fingerprint density at radius 3 is 2.83 bits per heavy atom. The number of aryl methyl sites for hydroxylation is 2. The van der Waals surface area contributed by atoms with Gasteiger partial charge in [-0.3, -0.25) is 9.20 Å². The van der Waals surface area contributed by atoms with Crippen molar-refractivity contribution in [3.05, 3.63) is 17.5 Å². The zero-order valence-corrected chi connectivity index (χ0v) is 15.8. The number of nitrogens with one attached hydrogen (secondary N) is 1. The normalized spacial score (nSPS) is 12.5. The molecule has 1 N–H and O–H groups in total. The molecule has 2 rings (SSSR count). The molecule has 2 aromatic heterocycles. The van der Waals surface area contributed by atoms with Crippen molar-refractivity contribution in [3.63, 3.8) is 0 Å². The molecule has 0 saturated heterocycles. The highest BCUT2D eigenvalue weighted by Gasteiger charge is 2.13. The number of hydrogen-bond acceptors (Lipinski definition) is 5. The number of aromatic nitrogens is 4. The number of fused-ring (bicyclic) bond motifs is 1. The molecule has 0 aliphatic heterocycles. The summed E-state index contributed by atoms with van der Waals surface area (Å²) >= 11 is 1.40. The molecular formula is C17H27N5OS. The Bertz CT molecular complexity index is 685. The van der Waals surface area contributed by atoms with E-state index in [4.69, 9.17) is 0 Å². The Morgan fingerprint density at radius 1 is 1.33 bits per heavy atom. The van der Waals surface area contributed by atoms with Crippen LogP contribution in [0.2, 0.25) is 0 Å². The summed E-state index contributed by atoms with van der Waals surface area (Å²) in [4.78, 5) is 16.5. The molecule has 2 aromatic rings. The van der Waals surface area contributed by atoms with Gasteiger partial charge in [0.05, 0.1) is 5.75 Å². The Kier molecular flexibility index (Phi) is 7.02. The Morgan fingerprint density at radius 2 is 2.12 bits per heavy atom. The lowest BCUT2D eigenvalue weighted by atomic mass is 9.99. The Balaban J connectivity index is 1.88. The topological polar surface area (TPSA) is 72.2 Å². The number of carbonyl (C=O) groups excluding carboxylic acids is 1. The average molecular weight is 350 g/mol. The molecule has 0 aliphatic rings. The SMILES string of the molecule is CCCC[C@H](CC)CNC(=O)CSc1nnc2nc(C)cc(C)n12. The third-order valence-corrected chi connectivity index (χ3v) is 5.06. The number of thioether (sulfide) groups is 1. The van der Waals surface area contributed by atoms with Gasteiger partial charge in [0.25, 0.3) is 5.78 Å². The monoisotopic (exact) mass is 349 g/mol. The maximum atomic E-state index is 12.1. The third kappa shape index (κ3) is 4.93. The molecule has 2 heterocycles. The zero-order chi connectivity index (χ0) is 17.5. The van der Waals surface area contributed by atoms with Gasteiger partial charge in [-0.1, -0.05) is 44.9 Å². The van der Waals surface area contributed by atoms with Gasteiger partial charge >= 0.3 is 0 Å². The van der Waals surface area contributed by atoms with Crippen LogP contribution in [0.5, 0.6) is 0 Å². The number of hydrogen-bond donors (Lipinski definition) is 1. The van der Waals surface area contributed by atoms with Crippen LogP contribution < -0.4 is 5.32 Å². The van der Waals surface area contributed by atoms with Crippen LogP contribution in [0, 0.1) is 19.8 Å². The molecule has 24 heavy (non-hydrogen) atoms. The van der Waals surface area contributed by atoms with Gasteiger partial charge in [0.2, 0.25) is 5.91 Å². The molecule has 0 radical (unpaired) electrons. The van der Waals surface area contributed by atoms with Crippen molar-refractivity contribution in [1.82, 2.24) is 24.9 Å². The summed E-state index contributed by atoms with van der Waals surface area (Å²) in [5.41, 5.74) is 1.94. The van der Waals surface area contributed by atoms with E-state index in [1.807, 2.05) is 24.3 Å². The highest BCUT2D eigenvalue weighted by molar-refractivity contribution is 7.99. The lowest BCUT2D eigenvalue weighted by Gasteiger charge is -2.15. The molecule has 1 atom stereocenters. The average Bonchev–Trinajstić information content (AvgIpc) is 2.96. The summed E-state index contributed by atoms with van der Waals surface area (Å²) in [6, 6.07) is 1.99. The first kappa shape index (κ1) is 18.7. The number of nitrogens with zero attached hydrogens (tertiary/aromatic N) is 4. The largest absolute Gasteiger partial charge is 0.355 e. The van der Waals surface area contributed by atoms with Crippen molar-refractivity contribution in [3.8, 4) is 0 Å². The van der Waals surface area contributed by atoms with E-state index in [0.29, 0.717) is 22.6 Å². The van der Waals surface area contributed by atoms with Gasteiger partial charge in [0.1, 0.15) is 0 Å². The van der Waals surface area contributed by atoms with E-state index in [9.17, 15) is 4.79 Å². The van der Waals surface area contributed by atoms with Gasteiger partial charge in [-0.15, -0.1) is 10.2 Å². The second kappa shape index (κ2) is 9.01. The van der Waals surface area contributed by atoms with Crippen molar-refractivity contribution in [2.24, 2.45) is 5.92 Å². The van der Waals surface area contributed by atoms with Crippen LogP contribution in [0.3, 0.4) is 0 Å². The Hall–Kier alpha value is -1.63. The van der Waals surface area contributed by atoms with E-state index in [2.05, 4.69) is 34.3 Å². The first-order chi connectivity index (χ1) is 11.5. The van der Waals surface area contributed by atoms with Crippen LogP contribution >= 0.6 is 11.8 Å². The van der Waals surface area contributed by atoms with Gasteiger partial charge in [-0.25, -0.2) is 4.98 Å². The van der Waals surface area contributed by atoms with E-state index >= 15 is 0 Å². The number of amides is 1. The van der Waals surface area contributed by atoms with Crippen molar-refractivity contribution in [2.45, 2.75) is 58.5 Å². The van der Waals surface area contributed by atoms with Crippen molar-refractivity contribution >= 4 is 23.4 Å². The second-order valence-electron chi connectivity index (χ2n) is 6.17. The molecule has 0 unspecified atom stereocenters. The van der Waals surface area contributed by atoms with E-state index in [0.717, 1.165) is 24.4 Å². The third-order valence-electron chi connectivity index (χ3n) is 4.13. The van der Waals surface area contributed by atoms with E-state index in [1.165, 1.54) is 31.0 Å². The molecule has 0 aromatic carbocycles. The highest BCUT2D eigenvalue weighted by Crippen LogP contribution is 2.18. The van der Waals surface area contributed by atoms with Crippen LogP contribution in [-0.4, -0.2) is 37.8 Å². The van der Waals surface area contributed by atoms with Crippen LogP contribution in [-0.2, 0) is 4.79 Å². The molecule has 0 fully saturated rings. The molecule has 0 saturated carbocycles. The van der Waals surface area contributed by atoms with Gasteiger partial charge in [-0.05, 0) is 32.3 Å². The molecule has 1 amide bonds. The first-order valence-corrected chi connectivity index (χ1v) is 9.62. The predicted octanol–water partition coefficient (Wildman–Crippen LogP) is 3.17. The molecule has 6 nitrogen and oxygen atoms in total. The summed E-state index contributed by atoms with van der Waals surface area (Å²) in [7, 11) is 0. The Labute approximate surface area is 147 Å². The standard InChI is InChI=1S/C17H27N5OS/c1-5-7-8-14(6-2)10-18-15(23)11-24-17-21-20-16-19-12(3)9-13(4)22(16)17/h9,14H,5-8,10-11H2,1-4H3,(H,18,23)/t14-/m0/s1. The lowest BCUT2D eigenvalue weighted by Crippen LogP contribution is -2.30. The van der Waals surface area contributed by atoms with E-state index < -0.39 is 0 Å². The van der Waals surface area contributed by atoms with Gasteiger partial charge in [-0.2, -0.15) is 0 Å². The molecule has 0 spiro atoms. The summed E-state index contributed by atoms with van der Waals surface area (Å²) < 4.78 is 1.89. The quantitative estimate of drug-likeness (QED) is 0.704. The minimum atomic E-state index is 0.0458. The maximum Gasteiger partial charge on any atom is 0.256 e. The van der Waals surface area contributed by atoms with Crippen LogP contribution in [0.4, 0.5) is 0 Å². The van der Waals surface area contributed by atoms with Gasteiger partial charge < -0.3 is 5.32 Å². The minimum absolute atomic E-state index is 0.0458. The van der Waals surface area contributed by atoms with Crippen molar-refractivity contribution in [1.29, 1.82) is 0 Å². The maximum absolute atomic E-state index is 12.1. The van der Waals surface area contributed by atoms with Gasteiger partial charge in [0.15, 0.2) is 5.16 Å². The molecule has 132 valence electrons. The second-order valence-corrected chi connectivity index (χ2v) is 7.11. The molecule has 0 aliphatic carbocycles. The van der Waals surface area contributed by atoms with Crippen LogP contribution in [0.25, 0.3) is 5.78 Å². The smallest absolute Gasteiger partial charge is 0.256 e. The summed E-state index contributed by atoms with van der Waals surface area (Å²) in [6.45, 7) is 9.07. The summed E-state index contributed by atoms with van der Waals surface area (Å²) in [6.07, 6.45) is 4.71. The molecule has 0 bridgehead atoms. The fourth-order valence-electron chi connectivity index (χ4n) is 2.68. The summed E-state index contributed by atoms with van der Waals surface area (Å²) in [5, 5.41) is 12.0. The van der Waals surface area contributed by atoms with Gasteiger partial charge in [0, 0.05) is 17.9 Å². The predicted molar refractivity (Wildman–Crippen MR) is 97.3 cm³/mol. The zero-order valence-electron chi connectivity index (χ0n) is 15.0. The number of unbranched alkanes of at least 4 members (excludes halogenated alkanes) is 1. The number of rotatable bonds is 9. The van der Waals surface area contributed by atoms with E-state index in [1.54, 1.807) is 0 Å².